The Labute approximate surface area is 163 Å². The van der Waals surface area contributed by atoms with Crippen molar-refractivity contribution < 1.29 is 0 Å². The quantitative estimate of drug-likeness (QED) is 0.567. The van der Waals surface area contributed by atoms with E-state index in [0.717, 1.165) is 48.6 Å². The van der Waals surface area contributed by atoms with Crippen LogP contribution in [0.1, 0.15) is 29.5 Å². The van der Waals surface area contributed by atoms with E-state index >= 15 is 0 Å². The Hall–Kier alpha value is -1.97. The van der Waals surface area contributed by atoms with Crippen LogP contribution >= 0.6 is 23.2 Å². The minimum atomic E-state index is 0.634. The molecule has 1 aliphatic heterocycles. The number of hydrogen-bond acceptors (Lipinski definition) is 2. The maximum Gasteiger partial charge on any atom is 0.133 e. The maximum atomic E-state index is 6.50. The lowest BCUT2D eigenvalue weighted by Gasteiger charge is -2.13. The monoisotopic (exact) mass is 385 g/mol. The summed E-state index contributed by atoms with van der Waals surface area (Å²) >= 11 is 13.0. The van der Waals surface area contributed by atoms with E-state index in [1.807, 2.05) is 22.9 Å². The number of aryl methyl sites for hydroxylation is 1. The average Bonchev–Trinajstić information content (AvgIpc) is 2.79. The first kappa shape index (κ1) is 17.4. The van der Waals surface area contributed by atoms with Gasteiger partial charge in [0.05, 0.1) is 15.7 Å². The molecule has 0 radical (unpaired) electrons. The van der Waals surface area contributed by atoms with Crippen molar-refractivity contribution in [2.24, 2.45) is 0 Å². The third kappa shape index (κ3) is 2.89. The van der Waals surface area contributed by atoms with Gasteiger partial charge in [-0.05, 0) is 62.4 Å². The predicted octanol–water partition coefficient (Wildman–Crippen LogP) is 6.21. The highest BCUT2D eigenvalue weighted by atomic mass is 35.5. The lowest BCUT2D eigenvalue weighted by Crippen LogP contribution is -2.08. The Balaban J connectivity index is 2.00. The van der Waals surface area contributed by atoms with Gasteiger partial charge in [-0.3, -0.25) is 0 Å². The number of halogens is 2. The Morgan fingerprint density at radius 3 is 2.50 bits per heavy atom. The van der Waals surface area contributed by atoms with Crippen LogP contribution in [0.5, 0.6) is 0 Å². The molecule has 1 aliphatic rings. The molecule has 4 rings (SSSR count). The molecule has 0 atom stereocenters. The fourth-order valence-corrected chi connectivity index (χ4v) is 4.14. The van der Waals surface area contributed by atoms with Crippen LogP contribution in [0, 0.1) is 13.8 Å². The summed E-state index contributed by atoms with van der Waals surface area (Å²) in [5.41, 5.74) is 6.45. The molecule has 2 aromatic carbocycles. The van der Waals surface area contributed by atoms with E-state index in [4.69, 9.17) is 28.3 Å². The highest BCUT2D eigenvalue weighted by Crippen LogP contribution is 2.40. The highest BCUT2D eigenvalue weighted by molar-refractivity contribution is 6.39. The van der Waals surface area contributed by atoms with E-state index in [-0.39, 0.29) is 0 Å². The van der Waals surface area contributed by atoms with Gasteiger partial charge in [0, 0.05) is 17.7 Å². The summed E-state index contributed by atoms with van der Waals surface area (Å²) in [4.78, 5) is 0. The molecule has 0 unspecified atom stereocenters. The second-order valence-electron chi connectivity index (χ2n) is 6.79. The second-order valence-corrected chi connectivity index (χ2v) is 7.60. The number of aromatic nitrogens is 2. The molecular formula is C21H21Cl2N3. The van der Waals surface area contributed by atoms with Crippen LogP contribution in [0.15, 0.2) is 36.4 Å². The largest absolute Gasteiger partial charge is 0.370 e. The fraction of sp³-hybridized carbons (Fsp3) is 0.286. The SMILES string of the molecule is Cc1cccc(-n2nc(-c3c(Cl)cccc3Cl)c3c2NCCCC3)c1C. The summed E-state index contributed by atoms with van der Waals surface area (Å²) in [6.07, 6.45) is 3.22. The van der Waals surface area contributed by atoms with Crippen LogP contribution in [0.25, 0.3) is 16.9 Å². The third-order valence-corrected chi connectivity index (χ3v) is 5.76. The first-order valence-electron chi connectivity index (χ1n) is 8.94. The van der Waals surface area contributed by atoms with E-state index in [0.29, 0.717) is 10.0 Å². The number of nitrogens with one attached hydrogen (secondary N) is 1. The zero-order valence-corrected chi connectivity index (χ0v) is 16.5. The van der Waals surface area contributed by atoms with Crippen LogP contribution in [-0.2, 0) is 6.42 Å². The molecule has 0 saturated carbocycles. The van der Waals surface area contributed by atoms with Gasteiger partial charge in [-0.2, -0.15) is 5.10 Å². The molecule has 3 nitrogen and oxygen atoms in total. The molecule has 0 fully saturated rings. The molecule has 0 bridgehead atoms. The normalized spacial score (nSPS) is 13.8. The van der Waals surface area contributed by atoms with Crippen LogP contribution < -0.4 is 5.32 Å². The predicted molar refractivity (Wildman–Crippen MR) is 110 cm³/mol. The summed E-state index contributed by atoms with van der Waals surface area (Å²) in [5.74, 6) is 1.06. The van der Waals surface area contributed by atoms with Crippen LogP contribution in [0.3, 0.4) is 0 Å². The van der Waals surface area contributed by atoms with Crippen LogP contribution in [-0.4, -0.2) is 16.3 Å². The molecule has 26 heavy (non-hydrogen) atoms. The van der Waals surface area contributed by atoms with Crippen molar-refractivity contribution in [3.63, 3.8) is 0 Å². The van der Waals surface area contributed by atoms with E-state index in [2.05, 4.69) is 37.4 Å². The number of hydrogen-bond donors (Lipinski definition) is 1. The molecule has 0 amide bonds. The first-order chi connectivity index (χ1) is 12.6. The molecular weight excluding hydrogens is 365 g/mol. The zero-order valence-electron chi connectivity index (χ0n) is 14.9. The number of anilines is 1. The van der Waals surface area contributed by atoms with Crippen molar-refractivity contribution in [1.82, 2.24) is 9.78 Å². The van der Waals surface area contributed by atoms with E-state index in [1.54, 1.807) is 0 Å². The van der Waals surface area contributed by atoms with Gasteiger partial charge in [0.1, 0.15) is 11.5 Å². The molecule has 5 heteroatoms. The lowest BCUT2D eigenvalue weighted by atomic mass is 10.0. The van der Waals surface area contributed by atoms with Crippen molar-refractivity contribution >= 4 is 29.0 Å². The first-order valence-corrected chi connectivity index (χ1v) is 9.70. The molecule has 0 saturated heterocycles. The van der Waals surface area contributed by atoms with Gasteiger partial charge in [0.15, 0.2) is 0 Å². The van der Waals surface area contributed by atoms with E-state index in [1.165, 1.54) is 16.7 Å². The highest BCUT2D eigenvalue weighted by Gasteiger charge is 2.25. The number of fused-ring (bicyclic) bond motifs is 1. The van der Waals surface area contributed by atoms with Crippen molar-refractivity contribution in [3.8, 4) is 16.9 Å². The summed E-state index contributed by atoms with van der Waals surface area (Å²) < 4.78 is 2.03. The lowest BCUT2D eigenvalue weighted by molar-refractivity contribution is 0.779. The molecule has 134 valence electrons. The van der Waals surface area contributed by atoms with Crippen molar-refractivity contribution in [3.05, 3.63) is 63.1 Å². The average molecular weight is 386 g/mol. The summed E-state index contributed by atoms with van der Waals surface area (Å²) in [7, 11) is 0. The Kier molecular flexibility index (Phi) is 4.68. The number of benzene rings is 2. The smallest absolute Gasteiger partial charge is 0.133 e. The van der Waals surface area contributed by atoms with E-state index < -0.39 is 0 Å². The van der Waals surface area contributed by atoms with Crippen molar-refractivity contribution in [2.75, 3.05) is 11.9 Å². The third-order valence-electron chi connectivity index (χ3n) is 5.13. The van der Waals surface area contributed by atoms with E-state index in [9.17, 15) is 0 Å². The molecule has 0 spiro atoms. The minimum Gasteiger partial charge on any atom is -0.370 e. The Morgan fingerprint density at radius 2 is 1.73 bits per heavy atom. The molecule has 1 aromatic heterocycles. The van der Waals surface area contributed by atoms with Crippen LogP contribution in [0.4, 0.5) is 5.82 Å². The summed E-state index contributed by atoms with van der Waals surface area (Å²) in [6, 6.07) is 11.9. The van der Waals surface area contributed by atoms with Crippen molar-refractivity contribution in [1.29, 1.82) is 0 Å². The second kappa shape index (κ2) is 6.98. The topological polar surface area (TPSA) is 29.9 Å². The molecule has 0 aliphatic carbocycles. The zero-order chi connectivity index (χ0) is 18.3. The fourth-order valence-electron chi connectivity index (χ4n) is 3.57. The standard InChI is InChI=1S/C21H21Cl2N3/c1-13-7-5-11-18(14(13)2)26-21-15(8-3-4-12-24-21)20(25-26)19-16(22)9-6-10-17(19)23/h5-7,9-11,24H,3-4,8,12H2,1-2H3. The van der Waals surface area contributed by atoms with Gasteiger partial charge < -0.3 is 5.32 Å². The van der Waals surface area contributed by atoms with Crippen molar-refractivity contribution in [2.45, 2.75) is 33.1 Å². The minimum absolute atomic E-state index is 0.634. The molecule has 2 heterocycles. The number of nitrogens with zero attached hydrogens (tertiary/aromatic N) is 2. The summed E-state index contributed by atoms with van der Waals surface area (Å²) in [5, 5.41) is 9.83. The molecule has 1 N–H and O–H groups in total. The van der Waals surface area contributed by atoms with Gasteiger partial charge >= 0.3 is 0 Å². The van der Waals surface area contributed by atoms with Gasteiger partial charge in [-0.1, -0.05) is 41.4 Å². The summed E-state index contributed by atoms with van der Waals surface area (Å²) in [6.45, 7) is 5.21. The maximum absolute atomic E-state index is 6.50. The van der Waals surface area contributed by atoms with Gasteiger partial charge in [0.2, 0.25) is 0 Å². The number of rotatable bonds is 2. The van der Waals surface area contributed by atoms with Gasteiger partial charge in [-0.15, -0.1) is 0 Å². The van der Waals surface area contributed by atoms with Gasteiger partial charge in [-0.25, -0.2) is 4.68 Å². The van der Waals surface area contributed by atoms with Crippen LogP contribution in [0.2, 0.25) is 10.0 Å². The Morgan fingerprint density at radius 1 is 1.00 bits per heavy atom. The van der Waals surface area contributed by atoms with Gasteiger partial charge in [0.25, 0.3) is 0 Å². The Bertz CT molecular complexity index is 955. The molecule has 3 aromatic rings.